The molecule has 1 aromatic heterocycles. The highest BCUT2D eigenvalue weighted by molar-refractivity contribution is 5.85. The monoisotopic (exact) mass is 336 g/mol. The standard InChI is InChI=1S/C17H15F3N2O2/c18-17(19,20)24-15-3-1-2-14(11-15)22-8-6-12-10-13(21-7-9-23)4-5-16(12)22/h1-6,8,10-11,21,23H,7,9H2. The molecule has 2 aromatic carbocycles. The summed E-state index contributed by atoms with van der Waals surface area (Å²) in [6.07, 6.45) is -2.93. The van der Waals surface area contributed by atoms with Crippen LogP contribution in [0.15, 0.2) is 54.7 Å². The molecule has 0 radical (unpaired) electrons. The van der Waals surface area contributed by atoms with E-state index < -0.39 is 6.36 Å². The van der Waals surface area contributed by atoms with Gasteiger partial charge in [0.1, 0.15) is 5.75 Å². The van der Waals surface area contributed by atoms with Crippen LogP contribution in [-0.2, 0) is 0 Å². The minimum atomic E-state index is -4.72. The number of hydrogen-bond acceptors (Lipinski definition) is 3. The number of alkyl halides is 3. The summed E-state index contributed by atoms with van der Waals surface area (Å²) in [5.41, 5.74) is 2.29. The third kappa shape index (κ3) is 3.62. The van der Waals surface area contributed by atoms with E-state index in [0.29, 0.717) is 12.2 Å². The van der Waals surface area contributed by atoms with Crippen molar-refractivity contribution in [2.75, 3.05) is 18.5 Å². The molecule has 0 saturated carbocycles. The predicted octanol–water partition coefficient (Wildman–Crippen LogP) is 3.93. The van der Waals surface area contributed by atoms with Crippen LogP contribution < -0.4 is 10.1 Å². The van der Waals surface area contributed by atoms with Gasteiger partial charge in [-0.15, -0.1) is 13.2 Å². The van der Waals surface area contributed by atoms with E-state index >= 15 is 0 Å². The summed E-state index contributed by atoms with van der Waals surface area (Å²) in [5.74, 6) is -0.261. The second kappa shape index (κ2) is 6.45. The highest BCUT2D eigenvalue weighted by Gasteiger charge is 2.31. The Hall–Kier alpha value is -2.67. The van der Waals surface area contributed by atoms with Gasteiger partial charge in [-0.2, -0.15) is 0 Å². The number of halogens is 3. The van der Waals surface area contributed by atoms with E-state index in [1.54, 1.807) is 16.8 Å². The number of anilines is 1. The van der Waals surface area contributed by atoms with Crippen molar-refractivity contribution in [3.05, 3.63) is 54.7 Å². The van der Waals surface area contributed by atoms with Gasteiger partial charge in [-0.1, -0.05) is 6.07 Å². The summed E-state index contributed by atoms with van der Waals surface area (Å²) in [6.45, 7) is 0.480. The van der Waals surface area contributed by atoms with E-state index in [1.807, 2.05) is 24.3 Å². The number of hydrogen-bond donors (Lipinski definition) is 2. The topological polar surface area (TPSA) is 46.4 Å². The maximum absolute atomic E-state index is 12.4. The Morgan fingerprint density at radius 2 is 1.92 bits per heavy atom. The number of ether oxygens (including phenoxy) is 1. The van der Waals surface area contributed by atoms with Gasteiger partial charge in [0.05, 0.1) is 12.1 Å². The minimum Gasteiger partial charge on any atom is -0.406 e. The fraction of sp³-hybridized carbons (Fsp3) is 0.176. The molecule has 0 aliphatic carbocycles. The number of aromatic nitrogens is 1. The molecule has 3 aromatic rings. The van der Waals surface area contributed by atoms with Crippen LogP contribution in [0.4, 0.5) is 18.9 Å². The first-order valence-electron chi connectivity index (χ1n) is 7.28. The summed E-state index contributed by atoms with van der Waals surface area (Å²) in [6, 6.07) is 13.3. The van der Waals surface area contributed by atoms with Gasteiger partial charge in [-0.3, -0.25) is 0 Å². The maximum atomic E-state index is 12.4. The molecule has 0 bridgehead atoms. The van der Waals surface area contributed by atoms with Gasteiger partial charge in [-0.05, 0) is 36.4 Å². The first-order chi connectivity index (χ1) is 11.5. The molecule has 0 aliphatic heterocycles. The largest absolute Gasteiger partial charge is 0.573 e. The lowest BCUT2D eigenvalue weighted by Crippen LogP contribution is -2.17. The van der Waals surface area contributed by atoms with Crippen LogP contribution in [-0.4, -0.2) is 29.2 Å². The van der Waals surface area contributed by atoms with Gasteiger partial charge in [0, 0.05) is 35.6 Å². The van der Waals surface area contributed by atoms with Gasteiger partial charge in [-0.25, -0.2) is 0 Å². The molecular formula is C17H15F3N2O2. The Morgan fingerprint density at radius 3 is 2.67 bits per heavy atom. The van der Waals surface area contributed by atoms with Crippen LogP contribution in [0.5, 0.6) is 5.75 Å². The molecule has 24 heavy (non-hydrogen) atoms. The molecule has 0 amide bonds. The molecular weight excluding hydrogens is 321 g/mol. The van der Waals surface area contributed by atoms with E-state index in [4.69, 9.17) is 5.11 Å². The van der Waals surface area contributed by atoms with E-state index in [1.165, 1.54) is 18.2 Å². The number of rotatable bonds is 5. The number of aliphatic hydroxyl groups excluding tert-OH is 1. The predicted molar refractivity (Wildman–Crippen MR) is 85.5 cm³/mol. The molecule has 0 saturated heterocycles. The van der Waals surface area contributed by atoms with Gasteiger partial charge in [0.2, 0.25) is 0 Å². The van der Waals surface area contributed by atoms with E-state index in [-0.39, 0.29) is 12.4 Å². The van der Waals surface area contributed by atoms with Crippen LogP contribution in [0.3, 0.4) is 0 Å². The molecule has 0 unspecified atom stereocenters. The molecule has 2 N–H and O–H groups in total. The molecule has 0 spiro atoms. The number of fused-ring (bicyclic) bond motifs is 1. The van der Waals surface area contributed by atoms with Crippen LogP contribution in [0, 0.1) is 0 Å². The lowest BCUT2D eigenvalue weighted by atomic mass is 10.2. The maximum Gasteiger partial charge on any atom is 0.573 e. The molecule has 0 atom stereocenters. The van der Waals surface area contributed by atoms with Crippen LogP contribution in [0.25, 0.3) is 16.6 Å². The summed E-state index contributed by atoms with van der Waals surface area (Å²) in [4.78, 5) is 0. The second-order valence-corrected chi connectivity index (χ2v) is 5.15. The fourth-order valence-corrected chi connectivity index (χ4v) is 2.51. The number of benzene rings is 2. The number of aliphatic hydroxyl groups is 1. The third-order valence-corrected chi connectivity index (χ3v) is 3.46. The lowest BCUT2D eigenvalue weighted by Gasteiger charge is -2.11. The highest BCUT2D eigenvalue weighted by Crippen LogP contribution is 2.28. The molecule has 1 heterocycles. The summed E-state index contributed by atoms with van der Waals surface area (Å²) >= 11 is 0. The molecule has 126 valence electrons. The molecule has 4 nitrogen and oxygen atoms in total. The van der Waals surface area contributed by atoms with Crippen LogP contribution >= 0.6 is 0 Å². The lowest BCUT2D eigenvalue weighted by molar-refractivity contribution is -0.274. The quantitative estimate of drug-likeness (QED) is 0.742. The van der Waals surface area contributed by atoms with E-state index in [0.717, 1.165) is 16.6 Å². The van der Waals surface area contributed by atoms with Crippen molar-refractivity contribution in [3.63, 3.8) is 0 Å². The molecule has 0 aliphatic rings. The molecule has 0 fully saturated rings. The number of nitrogens with zero attached hydrogens (tertiary/aromatic N) is 1. The average molecular weight is 336 g/mol. The van der Waals surface area contributed by atoms with Crippen molar-refractivity contribution in [1.82, 2.24) is 4.57 Å². The SMILES string of the molecule is OCCNc1ccc2c(ccn2-c2cccc(OC(F)(F)F)c2)c1. The van der Waals surface area contributed by atoms with E-state index in [9.17, 15) is 13.2 Å². The van der Waals surface area contributed by atoms with Crippen molar-refractivity contribution in [2.45, 2.75) is 6.36 Å². The summed E-state index contributed by atoms with van der Waals surface area (Å²) in [7, 11) is 0. The van der Waals surface area contributed by atoms with Crippen LogP contribution in [0.1, 0.15) is 0 Å². The zero-order chi connectivity index (χ0) is 17.2. The zero-order valence-electron chi connectivity index (χ0n) is 12.5. The Labute approximate surface area is 136 Å². The Balaban J connectivity index is 1.93. The normalized spacial score (nSPS) is 11.7. The van der Waals surface area contributed by atoms with Crippen molar-refractivity contribution in [1.29, 1.82) is 0 Å². The van der Waals surface area contributed by atoms with Gasteiger partial charge < -0.3 is 19.7 Å². The van der Waals surface area contributed by atoms with Gasteiger partial charge in [0.25, 0.3) is 0 Å². The molecule has 7 heteroatoms. The van der Waals surface area contributed by atoms with Gasteiger partial charge in [0.15, 0.2) is 0 Å². The Morgan fingerprint density at radius 1 is 1.08 bits per heavy atom. The summed E-state index contributed by atoms with van der Waals surface area (Å²) in [5, 5.41) is 12.8. The van der Waals surface area contributed by atoms with Crippen molar-refractivity contribution in [3.8, 4) is 11.4 Å². The average Bonchev–Trinajstić information content (AvgIpc) is 2.94. The van der Waals surface area contributed by atoms with Crippen molar-refractivity contribution in [2.24, 2.45) is 0 Å². The van der Waals surface area contributed by atoms with Crippen molar-refractivity contribution < 1.29 is 23.0 Å². The van der Waals surface area contributed by atoms with E-state index in [2.05, 4.69) is 10.1 Å². The third-order valence-electron chi connectivity index (χ3n) is 3.46. The Kier molecular flexibility index (Phi) is 4.35. The minimum absolute atomic E-state index is 0.0328. The first kappa shape index (κ1) is 16.2. The molecule has 3 rings (SSSR count). The zero-order valence-corrected chi connectivity index (χ0v) is 12.5. The number of nitrogens with one attached hydrogen (secondary N) is 1. The summed E-state index contributed by atoms with van der Waals surface area (Å²) < 4.78 is 42.8. The second-order valence-electron chi connectivity index (χ2n) is 5.15. The van der Waals surface area contributed by atoms with Gasteiger partial charge >= 0.3 is 6.36 Å². The van der Waals surface area contributed by atoms with Crippen LogP contribution in [0.2, 0.25) is 0 Å². The highest BCUT2D eigenvalue weighted by atomic mass is 19.4. The van der Waals surface area contributed by atoms with Crippen molar-refractivity contribution >= 4 is 16.6 Å². The first-order valence-corrected chi connectivity index (χ1v) is 7.28. The Bertz CT molecular complexity index is 843. The smallest absolute Gasteiger partial charge is 0.406 e. The fourth-order valence-electron chi connectivity index (χ4n) is 2.51.